The fraction of sp³-hybridized carbons (Fsp3) is 0.100. The molecule has 1 amide bonds. The zero-order valence-corrected chi connectivity index (χ0v) is 9.69. The molecule has 0 saturated carbocycles. The van der Waals surface area contributed by atoms with E-state index >= 15 is 0 Å². The van der Waals surface area contributed by atoms with Crippen LogP contribution in [0.5, 0.6) is 0 Å². The van der Waals surface area contributed by atoms with E-state index in [9.17, 15) is 9.59 Å². The molecule has 0 atom stereocenters. The van der Waals surface area contributed by atoms with Crippen molar-refractivity contribution in [2.45, 2.75) is 0 Å². The third kappa shape index (κ3) is 2.51. The Labute approximate surface area is 100 Å². The van der Waals surface area contributed by atoms with Gasteiger partial charge in [0.15, 0.2) is 5.82 Å². The highest BCUT2D eigenvalue weighted by Crippen LogP contribution is 2.17. The van der Waals surface area contributed by atoms with E-state index in [2.05, 4.69) is 10.4 Å². The number of carboxylic acid groups (broad SMARTS) is 1. The molecule has 2 aromatic heterocycles. The molecule has 0 radical (unpaired) electrons. The number of carbonyl (C=O) groups excluding carboxylic acids is 1. The second-order valence-corrected chi connectivity index (χ2v) is 4.38. The molecule has 0 aliphatic carbocycles. The van der Waals surface area contributed by atoms with Crippen LogP contribution in [0.15, 0.2) is 24.4 Å². The Bertz CT molecular complexity index is 573. The number of rotatable bonds is 3. The molecule has 7 heteroatoms. The number of anilines is 1. The standard InChI is InChI=1S/C10H9N3O3S/c1-13-5-4-8(12-13)11-9(14)6-2-3-7(17-6)10(15)16/h2-5H,1H3,(H,15,16)(H,11,12,14). The molecule has 2 rings (SSSR count). The highest BCUT2D eigenvalue weighted by atomic mass is 32.1. The number of carboxylic acids is 1. The maximum absolute atomic E-state index is 11.7. The van der Waals surface area contributed by atoms with Crippen LogP contribution in [0.4, 0.5) is 5.82 Å². The summed E-state index contributed by atoms with van der Waals surface area (Å²) in [6.07, 6.45) is 1.70. The van der Waals surface area contributed by atoms with Crippen LogP contribution in [0, 0.1) is 0 Å². The van der Waals surface area contributed by atoms with E-state index in [1.165, 1.54) is 12.1 Å². The van der Waals surface area contributed by atoms with Crippen LogP contribution in [0.1, 0.15) is 19.3 Å². The number of hydrogen-bond donors (Lipinski definition) is 2. The van der Waals surface area contributed by atoms with E-state index < -0.39 is 5.97 Å². The average molecular weight is 251 g/mol. The summed E-state index contributed by atoms with van der Waals surface area (Å²) in [5.74, 6) is -0.962. The third-order valence-electron chi connectivity index (χ3n) is 2.00. The van der Waals surface area contributed by atoms with Crippen LogP contribution in [0.3, 0.4) is 0 Å². The number of thiophene rings is 1. The smallest absolute Gasteiger partial charge is 0.345 e. The first kappa shape index (κ1) is 11.3. The van der Waals surface area contributed by atoms with Crippen molar-refractivity contribution in [1.82, 2.24) is 9.78 Å². The molecular weight excluding hydrogens is 242 g/mol. The van der Waals surface area contributed by atoms with Gasteiger partial charge < -0.3 is 10.4 Å². The van der Waals surface area contributed by atoms with Crippen molar-refractivity contribution >= 4 is 29.0 Å². The largest absolute Gasteiger partial charge is 0.477 e. The number of carbonyl (C=O) groups is 2. The Hall–Kier alpha value is -2.15. The Morgan fingerprint density at radius 2 is 2.06 bits per heavy atom. The predicted molar refractivity (Wildman–Crippen MR) is 62.4 cm³/mol. The van der Waals surface area contributed by atoms with E-state index in [0.717, 1.165) is 11.3 Å². The Kier molecular flexibility index (Phi) is 2.92. The third-order valence-corrected chi connectivity index (χ3v) is 3.07. The van der Waals surface area contributed by atoms with Crippen molar-refractivity contribution in [3.05, 3.63) is 34.2 Å². The van der Waals surface area contributed by atoms with Crippen LogP contribution >= 0.6 is 11.3 Å². The van der Waals surface area contributed by atoms with Gasteiger partial charge in [-0.2, -0.15) is 5.10 Å². The summed E-state index contributed by atoms with van der Waals surface area (Å²) in [6, 6.07) is 4.54. The zero-order chi connectivity index (χ0) is 12.4. The molecule has 0 aliphatic heterocycles. The molecule has 0 fully saturated rings. The van der Waals surface area contributed by atoms with Gasteiger partial charge in [0.1, 0.15) is 4.88 Å². The molecule has 2 N–H and O–H groups in total. The van der Waals surface area contributed by atoms with E-state index in [1.54, 1.807) is 24.0 Å². The minimum atomic E-state index is -1.04. The minimum absolute atomic E-state index is 0.135. The van der Waals surface area contributed by atoms with Gasteiger partial charge in [-0.15, -0.1) is 11.3 Å². The van der Waals surface area contributed by atoms with Crippen molar-refractivity contribution in [3.63, 3.8) is 0 Å². The molecule has 0 saturated heterocycles. The van der Waals surface area contributed by atoms with E-state index in [-0.39, 0.29) is 10.8 Å². The molecular formula is C10H9N3O3S. The number of nitrogens with zero attached hydrogens (tertiary/aromatic N) is 2. The van der Waals surface area contributed by atoms with Crippen molar-refractivity contribution in [2.24, 2.45) is 7.05 Å². The predicted octanol–water partition coefficient (Wildman–Crippen LogP) is 1.43. The lowest BCUT2D eigenvalue weighted by Crippen LogP contribution is -2.10. The van der Waals surface area contributed by atoms with Gasteiger partial charge in [0.2, 0.25) is 0 Å². The summed E-state index contributed by atoms with van der Waals surface area (Å²) < 4.78 is 1.56. The van der Waals surface area contributed by atoms with Gasteiger partial charge in [-0.3, -0.25) is 9.48 Å². The first-order valence-corrected chi connectivity index (χ1v) is 5.52. The number of amides is 1. The second kappa shape index (κ2) is 4.38. The second-order valence-electron chi connectivity index (χ2n) is 3.30. The Morgan fingerprint density at radius 3 is 2.59 bits per heavy atom. The van der Waals surface area contributed by atoms with Gasteiger partial charge in [-0.1, -0.05) is 0 Å². The number of nitrogens with one attached hydrogen (secondary N) is 1. The van der Waals surface area contributed by atoms with Crippen molar-refractivity contribution < 1.29 is 14.7 Å². The quantitative estimate of drug-likeness (QED) is 0.864. The van der Waals surface area contributed by atoms with Gasteiger partial charge in [0.05, 0.1) is 4.88 Å². The summed E-state index contributed by atoms with van der Waals surface area (Å²) in [7, 11) is 1.74. The topological polar surface area (TPSA) is 84.2 Å². The van der Waals surface area contributed by atoms with Gasteiger partial charge in [-0.25, -0.2) is 4.79 Å². The first-order chi connectivity index (χ1) is 8.06. The Morgan fingerprint density at radius 1 is 1.35 bits per heavy atom. The fourth-order valence-electron chi connectivity index (χ4n) is 1.23. The number of aromatic nitrogens is 2. The lowest BCUT2D eigenvalue weighted by Gasteiger charge is -1.97. The molecule has 0 unspecified atom stereocenters. The monoisotopic (exact) mass is 251 g/mol. The molecule has 0 aromatic carbocycles. The maximum Gasteiger partial charge on any atom is 0.345 e. The van der Waals surface area contributed by atoms with Gasteiger partial charge in [-0.05, 0) is 12.1 Å². The molecule has 6 nitrogen and oxygen atoms in total. The zero-order valence-electron chi connectivity index (χ0n) is 8.88. The SMILES string of the molecule is Cn1ccc(NC(=O)c2ccc(C(=O)O)s2)n1. The lowest BCUT2D eigenvalue weighted by atomic mass is 10.4. The molecule has 2 aromatic rings. The average Bonchev–Trinajstić information content (AvgIpc) is 2.86. The summed E-state index contributed by atoms with van der Waals surface area (Å²) in [5, 5.41) is 15.3. The molecule has 2 heterocycles. The molecule has 88 valence electrons. The lowest BCUT2D eigenvalue weighted by molar-refractivity contribution is 0.0702. The van der Waals surface area contributed by atoms with E-state index in [0.29, 0.717) is 10.7 Å². The van der Waals surface area contributed by atoms with Crippen molar-refractivity contribution in [3.8, 4) is 0 Å². The summed E-state index contributed by atoms with van der Waals surface area (Å²) >= 11 is 0.929. The van der Waals surface area contributed by atoms with Crippen LogP contribution < -0.4 is 5.32 Å². The van der Waals surface area contributed by atoms with Crippen LogP contribution in [-0.2, 0) is 7.05 Å². The van der Waals surface area contributed by atoms with Gasteiger partial charge in [0.25, 0.3) is 5.91 Å². The maximum atomic E-state index is 11.7. The normalized spacial score (nSPS) is 10.2. The van der Waals surface area contributed by atoms with Crippen molar-refractivity contribution in [1.29, 1.82) is 0 Å². The number of aromatic carboxylic acids is 1. The van der Waals surface area contributed by atoms with Crippen molar-refractivity contribution in [2.75, 3.05) is 5.32 Å². The molecule has 0 bridgehead atoms. The number of hydrogen-bond acceptors (Lipinski definition) is 4. The highest BCUT2D eigenvalue weighted by molar-refractivity contribution is 7.15. The highest BCUT2D eigenvalue weighted by Gasteiger charge is 2.13. The van der Waals surface area contributed by atoms with E-state index in [1.807, 2.05) is 0 Å². The summed E-state index contributed by atoms with van der Waals surface area (Å²) in [5.41, 5.74) is 0. The van der Waals surface area contributed by atoms with Gasteiger partial charge >= 0.3 is 5.97 Å². The van der Waals surface area contributed by atoms with Gasteiger partial charge in [0, 0.05) is 19.3 Å². The summed E-state index contributed by atoms with van der Waals surface area (Å²) in [6.45, 7) is 0. The Balaban J connectivity index is 2.11. The van der Waals surface area contributed by atoms with Crippen LogP contribution in [0.2, 0.25) is 0 Å². The van der Waals surface area contributed by atoms with Crippen LogP contribution in [-0.4, -0.2) is 26.8 Å². The van der Waals surface area contributed by atoms with Crippen LogP contribution in [0.25, 0.3) is 0 Å². The number of aryl methyl sites for hydroxylation is 1. The molecule has 0 spiro atoms. The molecule has 17 heavy (non-hydrogen) atoms. The minimum Gasteiger partial charge on any atom is -0.477 e. The first-order valence-electron chi connectivity index (χ1n) is 4.70. The molecule has 0 aliphatic rings. The summed E-state index contributed by atoms with van der Waals surface area (Å²) in [4.78, 5) is 22.9. The fourth-order valence-corrected chi connectivity index (χ4v) is 1.97. The van der Waals surface area contributed by atoms with E-state index in [4.69, 9.17) is 5.11 Å².